The van der Waals surface area contributed by atoms with Crippen LogP contribution < -0.4 is 0 Å². The zero-order chi connectivity index (χ0) is 16.9. The van der Waals surface area contributed by atoms with E-state index in [4.69, 9.17) is 4.52 Å². The van der Waals surface area contributed by atoms with Crippen LogP contribution in [0, 0.1) is 0 Å². The molecule has 1 aliphatic heterocycles. The fourth-order valence-corrected chi connectivity index (χ4v) is 3.06. The molecule has 130 valence electrons. The quantitative estimate of drug-likeness (QED) is 0.815. The summed E-state index contributed by atoms with van der Waals surface area (Å²) in [5, 5.41) is 3.97. The molecule has 0 amide bonds. The maximum atomic E-state index is 5.29. The van der Waals surface area contributed by atoms with Crippen molar-refractivity contribution in [1.82, 2.24) is 19.9 Å². The van der Waals surface area contributed by atoms with Gasteiger partial charge in [0.2, 0.25) is 5.89 Å². The van der Waals surface area contributed by atoms with Gasteiger partial charge in [0.25, 0.3) is 0 Å². The molecule has 0 N–H and O–H groups in total. The third-order valence-corrected chi connectivity index (χ3v) is 4.70. The summed E-state index contributed by atoms with van der Waals surface area (Å²) in [7, 11) is 0. The average molecular weight is 328 g/mol. The first kappa shape index (κ1) is 17.1. The van der Waals surface area contributed by atoms with E-state index in [9.17, 15) is 0 Å². The Labute approximate surface area is 144 Å². The molecule has 0 atom stereocenters. The number of benzene rings is 1. The van der Waals surface area contributed by atoms with E-state index in [-0.39, 0.29) is 0 Å². The number of hydrogen-bond acceptors (Lipinski definition) is 5. The Morgan fingerprint density at radius 1 is 1.00 bits per heavy atom. The van der Waals surface area contributed by atoms with Gasteiger partial charge in [-0.2, -0.15) is 4.98 Å². The molecule has 1 saturated heterocycles. The number of rotatable bonds is 6. The summed E-state index contributed by atoms with van der Waals surface area (Å²) in [6.07, 6.45) is 0.826. The maximum Gasteiger partial charge on any atom is 0.240 e. The molecule has 2 aromatic rings. The Morgan fingerprint density at radius 2 is 1.62 bits per heavy atom. The second-order valence-electron chi connectivity index (χ2n) is 6.91. The number of aromatic nitrogens is 2. The highest BCUT2D eigenvalue weighted by Gasteiger charge is 2.19. The molecule has 3 rings (SSSR count). The summed E-state index contributed by atoms with van der Waals surface area (Å²) in [5.41, 5.74) is 2.81. The minimum atomic E-state index is 0.598. The molecule has 1 fully saturated rings. The largest absolute Gasteiger partial charge is 0.338 e. The number of hydrogen-bond donors (Lipinski definition) is 0. The van der Waals surface area contributed by atoms with Crippen molar-refractivity contribution in [3.8, 4) is 0 Å². The zero-order valence-corrected chi connectivity index (χ0v) is 15.0. The highest BCUT2D eigenvalue weighted by molar-refractivity contribution is 5.24. The minimum Gasteiger partial charge on any atom is -0.338 e. The standard InChI is InChI=1S/C19H28N4O/c1-4-18-20-19(24-21-18)14-23-11-9-22(10-12-23)13-16-5-7-17(8-6-16)15(2)3/h5-8,15H,4,9-14H2,1-3H3. The first-order valence-electron chi connectivity index (χ1n) is 8.99. The van der Waals surface area contributed by atoms with Crippen LogP contribution in [0.3, 0.4) is 0 Å². The highest BCUT2D eigenvalue weighted by Crippen LogP contribution is 2.16. The van der Waals surface area contributed by atoms with Crippen LogP contribution in [-0.4, -0.2) is 46.1 Å². The Hall–Kier alpha value is -1.72. The van der Waals surface area contributed by atoms with Crippen molar-refractivity contribution >= 4 is 0 Å². The second-order valence-corrected chi connectivity index (χ2v) is 6.91. The highest BCUT2D eigenvalue weighted by atomic mass is 16.5. The summed E-state index contributed by atoms with van der Waals surface area (Å²) in [4.78, 5) is 9.31. The van der Waals surface area contributed by atoms with Crippen LogP contribution in [0.25, 0.3) is 0 Å². The van der Waals surface area contributed by atoms with Crippen molar-refractivity contribution in [3.63, 3.8) is 0 Å². The molecule has 5 nitrogen and oxygen atoms in total. The maximum absolute atomic E-state index is 5.29. The second kappa shape index (κ2) is 7.90. The lowest BCUT2D eigenvalue weighted by Gasteiger charge is -2.33. The molecule has 0 unspecified atom stereocenters. The van der Waals surface area contributed by atoms with Crippen molar-refractivity contribution in [2.75, 3.05) is 26.2 Å². The van der Waals surface area contributed by atoms with E-state index in [0.717, 1.165) is 57.4 Å². The van der Waals surface area contributed by atoms with Crippen molar-refractivity contribution in [1.29, 1.82) is 0 Å². The van der Waals surface area contributed by atoms with Crippen LogP contribution >= 0.6 is 0 Å². The van der Waals surface area contributed by atoms with Gasteiger partial charge in [-0.15, -0.1) is 0 Å². The summed E-state index contributed by atoms with van der Waals surface area (Å²) in [6.45, 7) is 12.6. The van der Waals surface area contributed by atoms with E-state index in [1.807, 2.05) is 6.92 Å². The topological polar surface area (TPSA) is 45.4 Å². The predicted molar refractivity (Wildman–Crippen MR) is 94.8 cm³/mol. The molecule has 0 spiro atoms. The van der Waals surface area contributed by atoms with Gasteiger partial charge in [0.05, 0.1) is 6.54 Å². The Balaban J connectivity index is 1.46. The molecule has 0 bridgehead atoms. The molecule has 1 aliphatic rings. The van der Waals surface area contributed by atoms with Crippen molar-refractivity contribution in [2.45, 2.75) is 46.2 Å². The molecule has 1 aromatic heterocycles. The SMILES string of the molecule is CCc1noc(CN2CCN(Cc3ccc(C(C)C)cc3)CC2)n1. The van der Waals surface area contributed by atoms with Crippen LogP contribution in [0.4, 0.5) is 0 Å². The molecule has 0 aliphatic carbocycles. The third-order valence-electron chi connectivity index (χ3n) is 4.70. The van der Waals surface area contributed by atoms with Crippen molar-refractivity contribution < 1.29 is 4.52 Å². The van der Waals surface area contributed by atoms with Crippen LogP contribution in [0.15, 0.2) is 28.8 Å². The van der Waals surface area contributed by atoms with Gasteiger partial charge in [0, 0.05) is 39.1 Å². The van der Waals surface area contributed by atoms with Crippen molar-refractivity contribution in [2.24, 2.45) is 0 Å². The van der Waals surface area contributed by atoms with Crippen molar-refractivity contribution in [3.05, 3.63) is 47.1 Å². The number of nitrogens with zero attached hydrogens (tertiary/aromatic N) is 4. The summed E-state index contributed by atoms with van der Waals surface area (Å²) < 4.78 is 5.29. The normalized spacial score (nSPS) is 16.8. The number of aryl methyl sites for hydroxylation is 1. The Kier molecular flexibility index (Phi) is 5.63. The van der Waals surface area contributed by atoms with E-state index in [1.165, 1.54) is 11.1 Å². The molecule has 0 saturated carbocycles. The summed E-state index contributed by atoms with van der Waals surface area (Å²) in [5.74, 6) is 2.14. The van der Waals surface area contributed by atoms with Gasteiger partial charge in [-0.1, -0.05) is 50.2 Å². The third kappa shape index (κ3) is 4.42. The molecule has 2 heterocycles. The van der Waals surface area contributed by atoms with E-state index >= 15 is 0 Å². The average Bonchev–Trinajstić information content (AvgIpc) is 3.05. The van der Waals surface area contributed by atoms with Gasteiger partial charge in [0.1, 0.15) is 0 Å². The van der Waals surface area contributed by atoms with Gasteiger partial charge in [-0.05, 0) is 17.0 Å². The Morgan fingerprint density at radius 3 is 2.17 bits per heavy atom. The fourth-order valence-electron chi connectivity index (χ4n) is 3.06. The molecule has 0 radical (unpaired) electrons. The fraction of sp³-hybridized carbons (Fsp3) is 0.579. The smallest absolute Gasteiger partial charge is 0.240 e. The molecule has 1 aromatic carbocycles. The van der Waals surface area contributed by atoms with Gasteiger partial charge in [-0.3, -0.25) is 9.80 Å². The molecule has 24 heavy (non-hydrogen) atoms. The Bertz CT molecular complexity index is 627. The minimum absolute atomic E-state index is 0.598. The first-order valence-corrected chi connectivity index (χ1v) is 8.99. The lowest BCUT2D eigenvalue weighted by Crippen LogP contribution is -2.45. The van der Waals surface area contributed by atoms with Crippen LogP contribution in [0.2, 0.25) is 0 Å². The summed E-state index contributed by atoms with van der Waals surface area (Å²) in [6, 6.07) is 9.06. The van der Waals surface area contributed by atoms with Gasteiger partial charge >= 0.3 is 0 Å². The van der Waals surface area contributed by atoms with E-state index < -0.39 is 0 Å². The predicted octanol–water partition coefficient (Wildman–Crippen LogP) is 3.07. The van der Waals surface area contributed by atoms with Gasteiger partial charge in [-0.25, -0.2) is 0 Å². The lowest BCUT2D eigenvalue weighted by molar-refractivity contribution is 0.112. The molecule has 5 heteroatoms. The van der Waals surface area contributed by atoms with Crippen LogP contribution in [0.1, 0.15) is 49.5 Å². The number of piperazine rings is 1. The molecular formula is C19H28N4O. The zero-order valence-electron chi connectivity index (χ0n) is 15.0. The molecular weight excluding hydrogens is 300 g/mol. The van der Waals surface area contributed by atoms with Crippen LogP contribution in [0.5, 0.6) is 0 Å². The van der Waals surface area contributed by atoms with E-state index in [2.05, 4.69) is 58.1 Å². The lowest BCUT2D eigenvalue weighted by atomic mass is 10.0. The van der Waals surface area contributed by atoms with Gasteiger partial charge < -0.3 is 4.52 Å². The van der Waals surface area contributed by atoms with E-state index in [1.54, 1.807) is 0 Å². The van der Waals surface area contributed by atoms with E-state index in [0.29, 0.717) is 5.92 Å². The van der Waals surface area contributed by atoms with Crippen LogP contribution in [-0.2, 0) is 19.5 Å². The van der Waals surface area contributed by atoms with Gasteiger partial charge in [0.15, 0.2) is 5.82 Å². The monoisotopic (exact) mass is 328 g/mol. The first-order chi connectivity index (χ1) is 11.6. The summed E-state index contributed by atoms with van der Waals surface area (Å²) >= 11 is 0.